The summed E-state index contributed by atoms with van der Waals surface area (Å²) in [5.41, 5.74) is 6.18. The Morgan fingerprint density at radius 1 is 1.16 bits per heavy atom. The van der Waals surface area contributed by atoms with Crippen LogP contribution in [0, 0.1) is 6.92 Å². The molecule has 1 fully saturated rings. The van der Waals surface area contributed by atoms with E-state index < -0.39 is 17.8 Å². The highest BCUT2D eigenvalue weighted by atomic mass is 19.4. The van der Waals surface area contributed by atoms with Crippen LogP contribution in [0.5, 0.6) is 11.5 Å². The Bertz CT molecular complexity index is 1300. The van der Waals surface area contributed by atoms with Gasteiger partial charge in [-0.1, -0.05) is 0 Å². The highest BCUT2D eigenvalue weighted by Gasteiger charge is 2.37. The number of hydrogen-bond donors (Lipinski definition) is 2. The Kier molecular flexibility index (Phi) is 7.16. The van der Waals surface area contributed by atoms with Crippen molar-refractivity contribution in [1.82, 2.24) is 14.9 Å². The maximum atomic E-state index is 13.3. The lowest BCUT2D eigenvalue weighted by Crippen LogP contribution is -2.41. The fraction of sp³-hybridized carbons (Fsp3) is 0.481. The number of ether oxygens (including phenoxy) is 2. The highest BCUT2D eigenvalue weighted by Crippen LogP contribution is 2.38. The number of methoxy groups -OCH3 is 1. The maximum absolute atomic E-state index is 13.3. The molecule has 4 rings (SSSR count). The van der Waals surface area contributed by atoms with Crippen LogP contribution >= 0.6 is 0 Å². The summed E-state index contributed by atoms with van der Waals surface area (Å²) in [6.07, 6.45) is -2.37. The zero-order valence-corrected chi connectivity index (χ0v) is 22.0. The third kappa shape index (κ3) is 5.69. The molecule has 200 valence electrons. The van der Waals surface area contributed by atoms with Gasteiger partial charge in [0.15, 0.2) is 11.5 Å². The monoisotopic (exact) mass is 517 g/mol. The van der Waals surface area contributed by atoms with Crippen molar-refractivity contribution < 1.29 is 22.6 Å². The Hall–Kier alpha value is -3.27. The van der Waals surface area contributed by atoms with Crippen molar-refractivity contribution in [2.75, 3.05) is 31.8 Å². The lowest BCUT2D eigenvalue weighted by Gasteiger charge is -2.31. The number of nitrogens with two attached hydrogens (primary N) is 1. The number of aryl methyl sites for hydroxylation is 1. The van der Waals surface area contributed by atoms with E-state index in [1.54, 1.807) is 27.0 Å². The summed E-state index contributed by atoms with van der Waals surface area (Å²) in [6, 6.07) is 6.93. The summed E-state index contributed by atoms with van der Waals surface area (Å²) >= 11 is 0. The first-order valence-electron chi connectivity index (χ1n) is 12.2. The van der Waals surface area contributed by atoms with Crippen molar-refractivity contribution in [3.8, 4) is 11.5 Å². The van der Waals surface area contributed by atoms with E-state index in [0.717, 1.165) is 25.0 Å². The third-order valence-electron chi connectivity index (χ3n) is 7.27. The summed E-state index contributed by atoms with van der Waals surface area (Å²) in [5, 5.41) is 3.92. The minimum atomic E-state index is -4.49. The number of hydrogen-bond acceptors (Lipinski definition) is 7. The zero-order chi connectivity index (χ0) is 27.1. The number of anilines is 2. The van der Waals surface area contributed by atoms with Crippen LogP contribution < -0.4 is 20.5 Å². The minimum Gasteiger partial charge on any atom is -0.493 e. The number of alkyl halides is 3. The summed E-state index contributed by atoms with van der Waals surface area (Å²) in [4.78, 5) is 11.4. The smallest absolute Gasteiger partial charge is 0.416 e. The first-order valence-corrected chi connectivity index (χ1v) is 12.2. The van der Waals surface area contributed by atoms with E-state index in [1.165, 1.54) is 6.07 Å². The number of nitrogens with zero attached hydrogens (tertiary/aromatic N) is 3. The number of benzene rings is 2. The predicted octanol–water partition coefficient (Wildman–Crippen LogP) is 5.97. The van der Waals surface area contributed by atoms with Crippen LogP contribution in [-0.4, -0.2) is 47.2 Å². The largest absolute Gasteiger partial charge is 0.493 e. The molecule has 2 heterocycles. The molecular formula is C27H34F3N5O2. The molecule has 2 atom stereocenters. The van der Waals surface area contributed by atoms with Gasteiger partial charge in [0.25, 0.3) is 0 Å². The highest BCUT2D eigenvalue weighted by molar-refractivity contribution is 5.92. The van der Waals surface area contributed by atoms with Gasteiger partial charge in [-0.15, -0.1) is 0 Å². The molecule has 0 spiro atoms. The molecule has 37 heavy (non-hydrogen) atoms. The average Bonchev–Trinajstić information content (AvgIpc) is 3.07. The molecule has 3 N–H and O–H groups in total. The zero-order valence-electron chi connectivity index (χ0n) is 22.0. The van der Waals surface area contributed by atoms with Gasteiger partial charge in [0.05, 0.1) is 24.2 Å². The van der Waals surface area contributed by atoms with Crippen molar-refractivity contribution in [1.29, 1.82) is 0 Å². The number of likely N-dealkylation sites (N-methyl/N-ethyl adjacent to an activating group) is 1. The summed E-state index contributed by atoms with van der Waals surface area (Å²) in [5.74, 6) is 2.10. The Morgan fingerprint density at radius 2 is 1.89 bits per heavy atom. The van der Waals surface area contributed by atoms with Gasteiger partial charge in [0, 0.05) is 28.7 Å². The third-order valence-corrected chi connectivity index (χ3v) is 7.27. The Balaban J connectivity index is 1.66. The molecule has 2 aromatic carbocycles. The number of aromatic nitrogens is 2. The molecule has 0 amide bonds. The van der Waals surface area contributed by atoms with Crippen LogP contribution in [0.15, 0.2) is 30.3 Å². The lowest BCUT2D eigenvalue weighted by atomic mass is 10.0. The van der Waals surface area contributed by atoms with Crippen LogP contribution in [0.1, 0.15) is 56.6 Å². The molecular weight excluding hydrogens is 483 g/mol. The lowest BCUT2D eigenvalue weighted by molar-refractivity contribution is -0.137. The predicted molar refractivity (Wildman–Crippen MR) is 139 cm³/mol. The number of halogens is 3. The fourth-order valence-electron chi connectivity index (χ4n) is 4.78. The molecule has 1 saturated heterocycles. The topological polar surface area (TPSA) is 85.5 Å². The van der Waals surface area contributed by atoms with E-state index in [1.807, 2.05) is 6.07 Å². The molecule has 0 radical (unpaired) electrons. The Morgan fingerprint density at radius 3 is 2.51 bits per heavy atom. The molecule has 1 aromatic heterocycles. The Labute approximate surface area is 215 Å². The quantitative estimate of drug-likeness (QED) is 0.373. The molecule has 0 saturated carbocycles. The standard InChI is InChI=1S/C27H34F3N5O2/c1-15(17-9-18(27(28,29)30)11-19(31)10-17)32-25-21-12-24(23(36-6)13-22(21)33-16(2)34-25)37-14-20-7-8-26(3,4)35(20)5/h9-13,15,20H,7-8,14,31H2,1-6H3,(H,32,33,34)/t15-,20+/m1/s1. The molecule has 0 bridgehead atoms. The molecule has 1 aliphatic rings. The van der Waals surface area contributed by atoms with Crippen LogP contribution in [-0.2, 0) is 6.18 Å². The summed E-state index contributed by atoms with van der Waals surface area (Å²) in [7, 11) is 3.69. The molecule has 3 aromatic rings. The van der Waals surface area contributed by atoms with E-state index >= 15 is 0 Å². The van der Waals surface area contributed by atoms with Gasteiger partial charge in [-0.25, -0.2) is 9.97 Å². The van der Waals surface area contributed by atoms with Gasteiger partial charge in [0.2, 0.25) is 0 Å². The van der Waals surface area contributed by atoms with Crippen molar-refractivity contribution in [2.24, 2.45) is 0 Å². The molecule has 1 aliphatic heterocycles. The first kappa shape index (κ1) is 26.8. The van der Waals surface area contributed by atoms with Crippen LogP contribution in [0.25, 0.3) is 10.9 Å². The van der Waals surface area contributed by atoms with Crippen LogP contribution in [0.2, 0.25) is 0 Å². The first-order chi connectivity index (χ1) is 17.3. The van der Waals surface area contributed by atoms with Gasteiger partial charge in [-0.3, -0.25) is 4.90 Å². The number of rotatable bonds is 7. The van der Waals surface area contributed by atoms with Crippen molar-refractivity contribution >= 4 is 22.4 Å². The normalized spacial score (nSPS) is 18.7. The van der Waals surface area contributed by atoms with E-state index in [-0.39, 0.29) is 17.3 Å². The number of likely N-dealkylation sites (tertiary alicyclic amines) is 1. The van der Waals surface area contributed by atoms with E-state index in [4.69, 9.17) is 15.2 Å². The van der Waals surface area contributed by atoms with E-state index in [0.29, 0.717) is 46.2 Å². The van der Waals surface area contributed by atoms with Crippen molar-refractivity contribution in [3.63, 3.8) is 0 Å². The maximum Gasteiger partial charge on any atom is 0.416 e. The SMILES string of the molecule is COc1cc2nc(C)nc(N[C@H](C)c3cc(N)cc(C(F)(F)F)c3)c2cc1OC[C@@H]1CCC(C)(C)N1C. The second kappa shape index (κ2) is 9.89. The van der Waals surface area contributed by atoms with Gasteiger partial charge >= 0.3 is 6.18 Å². The van der Waals surface area contributed by atoms with Gasteiger partial charge in [0.1, 0.15) is 18.2 Å². The minimum absolute atomic E-state index is 0.0442. The van der Waals surface area contributed by atoms with Gasteiger partial charge < -0.3 is 20.5 Å². The summed E-state index contributed by atoms with van der Waals surface area (Å²) < 4.78 is 51.8. The molecule has 0 aliphatic carbocycles. The number of nitrogens with one attached hydrogen (secondary N) is 1. The average molecular weight is 518 g/mol. The second-order valence-electron chi connectivity index (χ2n) is 10.3. The van der Waals surface area contributed by atoms with Crippen molar-refractivity contribution in [3.05, 3.63) is 47.3 Å². The molecule has 10 heteroatoms. The number of nitrogen functional groups attached to an aromatic ring is 1. The van der Waals surface area contributed by atoms with E-state index in [9.17, 15) is 13.2 Å². The second-order valence-corrected chi connectivity index (χ2v) is 10.3. The molecule has 7 nitrogen and oxygen atoms in total. The van der Waals surface area contributed by atoms with Gasteiger partial charge in [-0.05, 0) is 77.4 Å². The van der Waals surface area contributed by atoms with Crippen LogP contribution in [0.4, 0.5) is 24.7 Å². The molecule has 0 unspecified atom stereocenters. The number of fused-ring (bicyclic) bond motifs is 1. The fourth-order valence-corrected chi connectivity index (χ4v) is 4.78. The van der Waals surface area contributed by atoms with E-state index in [2.05, 4.69) is 41.1 Å². The van der Waals surface area contributed by atoms with Crippen LogP contribution in [0.3, 0.4) is 0 Å². The summed E-state index contributed by atoms with van der Waals surface area (Å²) in [6.45, 7) is 8.46. The van der Waals surface area contributed by atoms with Gasteiger partial charge in [-0.2, -0.15) is 13.2 Å². The van der Waals surface area contributed by atoms with Crippen molar-refractivity contribution in [2.45, 2.75) is 64.3 Å².